The quantitative estimate of drug-likeness (QED) is 0.772. The minimum Gasteiger partial charge on any atom is -0.469 e. The molecule has 0 aromatic heterocycles. The van der Waals surface area contributed by atoms with Gasteiger partial charge >= 0.3 is 5.97 Å². The van der Waals surface area contributed by atoms with Gasteiger partial charge in [0.25, 0.3) is 0 Å². The first-order chi connectivity index (χ1) is 7.74. The van der Waals surface area contributed by atoms with E-state index >= 15 is 0 Å². The molecule has 1 aliphatic carbocycles. The molecule has 0 amide bonds. The van der Waals surface area contributed by atoms with E-state index in [2.05, 4.69) is 4.74 Å². The Bertz CT molecular complexity index is 211. The summed E-state index contributed by atoms with van der Waals surface area (Å²) in [5.74, 6) is 0.720. The van der Waals surface area contributed by atoms with Crippen molar-refractivity contribution >= 4 is 17.7 Å². The lowest BCUT2D eigenvalue weighted by Crippen LogP contribution is -2.33. The minimum atomic E-state index is -0.119. The monoisotopic (exact) mass is 245 g/mol. The van der Waals surface area contributed by atoms with E-state index in [9.17, 15) is 4.79 Å². The van der Waals surface area contributed by atoms with Crippen LogP contribution in [0.2, 0.25) is 0 Å². The molecule has 0 saturated heterocycles. The summed E-state index contributed by atoms with van der Waals surface area (Å²) in [5, 5.41) is 0.532. The van der Waals surface area contributed by atoms with Gasteiger partial charge in [-0.15, -0.1) is 0 Å². The lowest BCUT2D eigenvalue weighted by atomic mass is 9.97. The van der Waals surface area contributed by atoms with Crippen LogP contribution in [0.5, 0.6) is 0 Å². The maximum absolute atomic E-state index is 11.0. The third-order valence-electron chi connectivity index (χ3n) is 3.12. The Labute approximate surface area is 102 Å². The number of esters is 1. The first-order valence-corrected chi connectivity index (χ1v) is 7.23. The Morgan fingerprint density at radius 2 is 2.00 bits per heavy atom. The second-order valence-corrected chi connectivity index (χ2v) is 5.74. The molecule has 1 fully saturated rings. The molecule has 0 aromatic carbocycles. The smallest absolute Gasteiger partial charge is 0.306 e. The molecular weight excluding hydrogens is 222 g/mol. The van der Waals surface area contributed by atoms with Gasteiger partial charge in [0.2, 0.25) is 0 Å². The number of rotatable bonds is 4. The van der Waals surface area contributed by atoms with Crippen LogP contribution in [0.15, 0.2) is 0 Å². The molecule has 0 radical (unpaired) electrons. The summed E-state index contributed by atoms with van der Waals surface area (Å²) in [7, 11) is 1.44. The Balaban J connectivity index is 2.23. The topological polar surface area (TPSA) is 52.3 Å². The molecule has 0 spiro atoms. The van der Waals surface area contributed by atoms with Crippen LogP contribution in [-0.2, 0) is 9.53 Å². The normalized spacial score (nSPS) is 26.9. The van der Waals surface area contributed by atoms with Crippen LogP contribution in [0.3, 0.4) is 0 Å². The molecule has 2 N–H and O–H groups in total. The summed E-state index contributed by atoms with van der Waals surface area (Å²) >= 11 is 1.85. The molecule has 0 heterocycles. The lowest BCUT2D eigenvalue weighted by Gasteiger charge is -2.25. The molecule has 2 atom stereocenters. The van der Waals surface area contributed by atoms with Gasteiger partial charge in [-0.2, -0.15) is 11.8 Å². The molecule has 3 nitrogen and oxygen atoms in total. The van der Waals surface area contributed by atoms with Crippen molar-refractivity contribution in [1.82, 2.24) is 0 Å². The van der Waals surface area contributed by atoms with E-state index in [1.54, 1.807) is 0 Å². The van der Waals surface area contributed by atoms with E-state index in [0.29, 0.717) is 17.7 Å². The number of thioether (sulfide) groups is 1. The van der Waals surface area contributed by atoms with Crippen molar-refractivity contribution in [3.8, 4) is 0 Å². The number of nitrogens with two attached hydrogens (primary N) is 1. The minimum absolute atomic E-state index is 0.119. The maximum Gasteiger partial charge on any atom is 0.306 e. The highest BCUT2D eigenvalue weighted by molar-refractivity contribution is 7.99. The van der Waals surface area contributed by atoms with Crippen molar-refractivity contribution in [3.05, 3.63) is 0 Å². The Hall–Kier alpha value is -0.220. The van der Waals surface area contributed by atoms with E-state index in [0.717, 1.165) is 12.2 Å². The largest absolute Gasteiger partial charge is 0.469 e. The molecular formula is C12H23NO2S. The van der Waals surface area contributed by atoms with Crippen LogP contribution in [0.1, 0.15) is 44.9 Å². The van der Waals surface area contributed by atoms with Crippen molar-refractivity contribution in [1.29, 1.82) is 0 Å². The average Bonchev–Trinajstić information content (AvgIpc) is 2.27. The molecule has 1 aliphatic rings. The third kappa shape index (κ3) is 5.21. The second kappa shape index (κ2) is 7.96. The van der Waals surface area contributed by atoms with Gasteiger partial charge in [0.15, 0.2) is 0 Å². The highest BCUT2D eigenvalue weighted by Crippen LogP contribution is 2.26. The lowest BCUT2D eigenvalue weighted by molar-refractivity contribution is -0.140. The number of hydrogen-bond donors (Lipinski definition) is 1. The molecule has 1 rings (SSSR count). The fourth-order valence-electron chi connectivity index (χ4n) is 2.08. The van der Waals surface area contributed by atoms with Crippen molar-refractivity contribution < 1.29 is 9.53 Å². The summed E-state index contributed by atoms with van der Waals surface area (Å²) in [4.78, 5) is 11.0. The summed E-state index contributed by atoms with van der Waals surface area (Å²) < 4.78 is 4.63. The summed E-state index contributed by atoms with van der Waals surface area (Å²) in [6, 6.07) is 0.308. The predicted molar refractivity (Wildman–Crippen MR) is 68.6 cm³/mol. The number of carbonyl (C=O) groups excluding carboxylic acids is 1. The van der Waals surface area contributed by atoms with E-state index in [1.165, 1.54) is 39.2 Å². The van der Waals surface area contributed by atoms with Crippen LogP contribution in [-0.4, -0.2) is 30.1 Å². The Morgan fingerprint density at radius 1 is 1.31 bits per heavy atom. The fourth-order valence-corrected chi connectivity index (χ4v) is 3.39. The van der Waals surface area contributed by atoms with Gasteiger partial charge in [0.1, 0.15) is 0 Å². The van der Waals surface area contributed by atoms with Gasteiger partial charge in [0.05, 0.1) is 13.5 Å². The van der Waals surface area contributed by atoms with E-state index in [4.69, 9.17) is 5.73 Å². The zero-order valence-corrected chi connectivity index (χ0v) is 10.9. The third-order valence-corrected chi connectivity index (χ3v) is 4.57. The summed E-state index contributed by atoms with van der Waals surface area (Å²) in [5.41, 5.74) is 6.16. The molecule has 2 unspecified atom stereocenters. The molecule has 94 valence electrons. The zero-order chi connectivity index (χ0) is 11.8. The van der Waals surface area contributed by atoms with Gasteiger partial charge in [-0.1, -0.05) is 25.7 Å². The molecule has 4 heteroatoms. The Kier molecular flexibility index (Phi) is 6.88. The van der Waals surface area contributed by atoms with Crippen molar-refractivity contribution in [2.24, 2.45) is 5.73 Å². The maximum atomic E-state index is 11.0. The van der Waals surface area contributed by atoms with Gasteiger partial charge in [-0.05, 0) is 12.8 Å². The van der Waals surface area contributed by atoms with Gasteiger partial charge < -0.3 is 10.5 Å². The second-order valence-electron chi connectivity index (χ2n) is 4.39. The van der Waals surface area contributed by atoms with Crippen LogP contribution in [0.4, 0.5) is 0 Å². The number of carbonyl (C=O) groups is 1. The highest BCUT2D eigenvalue weighted by atomic mass is 32.2. The molecule has 1 saturated carbocycles. The molecule has 16 heavy (non-hydrogen) atoms. The summed E-state index contributed by atoms with van der Waals surface area (Å²) in [6.07, 6.45) is 8.04. The van der Waals surface area contributed by atoms with Crippen LogP contribution >= 0.6 is 11.8 Å². The standard InChI is InChI=1S/C12H23NO2S/c1-15-12(14)8-9-16-11-7-5-3-2-4-6-10(11)13/h10-11H,2-9,13H2,1H3. The first kappa shape index (κ1) is 13.8. The van der Waals surface area contributed by atoms with Crippen molar-refractivity contribution in [3.63, 3.8) is 0 Å². The van der Waals surface area contributed by atoms with Crippen molar-refractivity contribution in [2.45, 2.75) is 56.2 Å². The molecule has 0 aliphatic heterocycles. The zero-order valence-electron chi connectivity index (χ0n) is 10.1. The summed E-state index contributed by atoms with van der Waals surface area (Å²) in [6.45, 7) is 0. The highest BCUT2D eigenvalue weighted by Gasteiger charge is 2.19. The van der Waals surface area contributed by atoms with E-state index in [1.807, 2.05) is 11.8 Å². The number of ether oxygens (including phenoxy) is 1. The molecule has 0 aromatic rings. The van der Waals surface area contributed by atoms with E-state index < -0.39 is 0 Å². The molecule has 0 bridgehead atoms. The number of methoxy groups -OCH3 is 1. The first-order valence-electron chi connectivity index (χ1n) is 6.18. The van der Waals surface area contributed by atoms with Crippen LogP contribution < -0.4 is 5.73 Å². The van der Waals surface area contributed by atoms with E-state index in [-0.39, 0.29) is 5.97 Å². The average molecular weight is 245 g/mol. The Morgan fingerprint density at radius 3 is 2.69 bits per heavy atom. The van der Waals surface area contributed by atoms with Gasteiger partial charge in [0, 0.05) is 17.0 Å². The number of hydrogen-bond acceptors (Lipinski definition) is 4. The van der Waals surface area contributed by atoms with Crippen molar-refractivity contribution in [2.75, 3.05) is 12.9 Å². The van der Waals surface area contributed by atoms with Crippen LogP contribution in [0.25, 0.3) is 0 Å². The van der Waals surface area contributed by atoms with Gasteiger partial charge in [-0.3, -0.25) is 4.79 Å². The predicted octanol–water partition coefficient (Wildman–Crippen LogP) is 2.33. The van der Waals surface area contributed by atoms with Gasteiger partial charge in [-0.25, -0.2) is 0 Å². The SMILES string of the molecule is COC(=O)CCSC1CCCCCCC1N. The van der Waals surface area contributed by atoms with Crippen LogP contribution in [0, 0.1) is 0 Å². The fraction of sp³-hybridized carbons (Fsp3) is 0.917.